The standard InChI is InChI=1S/C20H21FN6O3/c1-26-17(20(24-25-26)16-4-3-15(21)11-22-16)13-30-19-5-2-14(10-23-19)18(28)12-27-6-8-29-9-7-27/h2-5,10-11H,6-9,12-13H2,1H3. The molecule has 4 heterocycles. The number of Topliss-reactive ketones (excluding diaryl/α,β-unsaturated/α-hetero) is 1. The maximum atomic E-state index is 13.1. The van der Waals surface area contributed by atoms with Crippen molar-refractivity contribution in [3.05, 3.63) is 53.7 Å². The van der Waals surface area contributed by atoms with Crippen molar-refractivity contribution in [3.8, 4) is 17.3 Å². The molecule has 0 atom stereocenters. The van der Waals surface area contributed by atoms with Gasteiger partial charge in [-0.15, -0.1) is 5.10 Å². The zero-order valence-corrected chi connectivity index (χ0v) is 16.5. The number of ketones is 1. The predicted octanol–water partition coefficient (Wildman–Crippen LogP) is 1.51. The fraction of sp³-hybridized carbons (Fsp3) is 0.350. The minimum absolute atomic E-state index is 0.0106. The summed E-state index contributed by atoms with van der Waals surface area (Å²) in [7, 11) is 1.74. The third-order valence-corrected chi connectivity index (χ3v) is 4.80. The van der Waals surface area contributed by atoms with Crippen LogP contribution in [0.15, 0.2) is 36.7 Å². The molecule has 10 heteroatoms. The Morgan fingerprint density at radius 2 is 2.00 bits per heavy atom. The molecule has 0 radical (unpaired) electrons. The second-order valence-corrected chi connectivity index (χ2v) is 6.86. The first-order chi connectivity index (χ1) is 14.6. The summed E-state index contributed by atoms with van der Waals surface area (Å²) in [4.78, 5) is 22.8. The highest BCUT2D eigenvalue weighted by atomic mass is 19.1. The summed E-state index contributed by atoms with van der Waals surface area (Å²) >= 11 is 0. The Bertz CT molecular complexity index is 1000. The third-order valence-electron chi connectivity index (χ3n) is 4.80. The lowest BCUT2D eigenvalue weighted by Gasteiger charge is -2.25. The fourth-order valence-corrected chi connectivity index (χ4v) is 3.08. The molecule has 3 aromatic rings. The topological polar surface area (TPSA) is 95.3 Å². The number of aryl methyl sites for hydroxylation is 1. The van der Waals surface area contributed by atoms with Crippen molar-refractivity contribution in [2.45, 2.75) is 6.61 Å². The highest BCUT2D eigenvalue weighted by Crippen LogP contribution is 2.20. The second-order valence-electron chi connectivity index (χ2n) is 6.86. The molecule has 0 N–H and O–H groups in total. The number of nitrogens with zero attached hydrogens (tertiary/aromatic N) is 6. The molecule has 0 saturated carbocycles. The molecule has 4 rings (SSSR count). The smallest absolute Gasteiger partial charge is 0.213 e. The first-order valence-corrected chi connectivity index (χ1v) is 9.53. The molecular formula is C20H21FN6O3. The first kappa shape index (κ1) is 20.0. The van der Waals surface area contributed by atoms with Crippen LogP contribution in [0.25, 0.3) is 11.4 Å². The molecule has 0 aliphatic carbocycles. The quantitative estimate of drug-likeness (QED) is 0.539. The number of morpholine rings is 1. The van der Waals surface area contributed by atoms with Crippen molar-refractivity contribution >= 4 is 5.78 Å². The Labute approximate surface area is 172 Å². The maximum absolute atomic E-state index is 13.1. The van der Waals surface area contributed by atoms with Gasteiger partial charge in [0.15, 0.2) is 5.78 Å². The van der Waals surface area contributed by atoms with Gasteiger partial charge in [-0.1, -0.05) is 5.21 Å². The van der Waals surface area contributed by atoms with E-state index in [9.17, 15) is 9.18 Å². The lowest BCUT2D eigenvalue weighted by atomic mass is 10.2. The van der Waals surface area contributed by atoms with Crippen LogP contribution in [-0.4, -0.2) is 68.5 Å². The SMILES string of the molecule is Cn1nnc(-c2ccc(F)cn2)c1COc1ccc(C(=O)CN2CCOCC2)cn1. The average molecular weight is 412 g/mol. The van der Waals surface area contributed by atoms with Gasteiger partial charge in [0.25, 0.3) is 0 Å². The molecule has 1 aliphatic heterocycles. The molecule has 156 valence electrons. The molecule has 1 aliphatic rings. The second kappa shape index (κ2) is 9.06. The van der Waals surface area contributed by atoms with Gasteiger partial charge in [-0.25, -0.2) is 14.1 Å². The molecule has 0 bridgehead atoms. The molecule has 3 aromatic heterocycles. The van der Waals surface area contributed by atoms with Crippen LogP contribution in [0, 0.1) is 5.82 Å². The van der Waals surface area contributed by atoms with E-state index in [4.69, 9.17) is 9.47 Å². The summed E-state index contributed by atoms with van der Waals surface area (Å²) in [5.74, 6) is -0.0403. The molecule has 0 amide bonds. The van der Waals surface area contributed by atoms with Gasteiger partial charge in [-0.3, -0.25) is 14.7 Å². The van der Waals surface area contributed by atoms with E-state index in [2.05, 4.69) is 25.2 Å². The number of hydrogen-bond acceptors (Lipinski definition) is 8. The predicted molar refractivity (Wildman–Crippen MR) is 104 cm³/mol. The largest absolute Gasteiger partial charge is 0.471 e. The summed E-state index contributed by atoms with van der Waals surface area (Å²) in [6.07, 6.45) is 2.64. The van der Waals surface area contributed by atoms with Crippen LogP contribution in [0.5, 0.6) is 5.88 Å². The van der Waals surface area contributed by atoms with Crippen molar-refractivity contribution in [2.75, 3.05) is 32.8 Å². The number of aromatic nitrogens is 5. The van der Waals surface area contributed by atoms with E-state index in [-0.39, 0.29) is 12.4 Å². The summed E-state index contributed by atoms with van der Waals surface area (Å²) < 4.78 is 25.7. The van der Waals surface area contributed by atoms with Gasteiger partial charge >= 0.3 is 0 Å². The van der Waals surface area contributed by atoms with Gasteiger partial charge in [-0.05, 0) is 18.2 Å². The molecule has 1 saturated heterocycles. The van der Waals surface area contributed by atoms with E-state index >= 15 is 0 Å². The van der Waals surface area contributed by atoms with Crippen LogP contribution < -0.4 is 4.74 Å². The minimum Gasteiger partial charge on any atom is -0.471 e. The number of ether oxygens (including phenoxy) is 2. The lowest BCUT2D eigenvalue weighted by Crippen LogP contribution is -2.39. The molecule has 0 spiro atoms. The molecule has 0 unspecified atom stereocenters. The van der Waals surface area contributed by atoms with Crippen molar-refractivity contribution in [1.29, 1.82) is 0 Å². The molecule has 1 fully saturated rings. The van der Waals surface area contributed by atoms with E-state index in [0.29, 0.717) is 48.3 Å². The maximum Gasteiger partial charge on any atom is 0.213 e. The highest BCUT2D eigenvalue weighted by Gasteiger charge is 2.17. The van der Waals surface area contributed by atoms with Gasteiger partial charge in [-0.2, -0.15) is 0 Å². The van der Waals surface area contributed by atoms with Gasteiger partial charge in [0.05, 0.1) is 31.6 Å². The van der Waals surface area contributed by atoms with Crippen LogP contribution >= 0.6 is 0 Å². The molecule has 0 aromatic carbocycles. The Kier molecular flexibility index (Phi) is 6.05. The summed E-state index contributed by atoms with van der Waals surface area (Å²) in [5.41, 5.74) is 2.21. The van der Waals surface area contributed by atoms with Crippen LogP contribution in [0.4, 0.5) is 4.39 Å². The zero-order valence-electron chi connectivity index (χ0n) is 16.5. The van der Waals surface area contributed by atoms with Crippen molar-refractivity contribution in [3.63, 3.8) is 0 Å². The van der Waals surface area contributed by atoms with E-state index in [0.717, 1.165) is 19.3 Å². The number of rotatable bonds is 7. The normalized spacial score (nSPS) is 14.6. The van der Waals surface area contributed by atoms with E-state index in [1.807, 2.05) is 0 Å². The lowest BCUT2D eigenvalue weighted by molar-refractivity contribution is 0.0371. The molecule has 9 nitrogen and oxygen atoms in total. The van der Waals surface area contributed by atoms with Gasteiger partial charge in [0, 0.05) is 38.0 Å². The first-order valence-electron chi connectivity index (χ1n) is 9.53. The summed E-state index contributed by atoms with van der Waals surface area (Å²) in [6, 6.07) is 6.22. The number of carbonyl (C=O) groups is 1. The van der Waals surface area contributed by atoms with Crippen molar-refractivity contribution in [2.24, 2.45) is 7.05 Å². The Hall–Kier alpha value is -3.24. The van der Waals surface area contributed by atoms with E-state index in [1.54, 1.807) is 23.9 Å². The Balaban J connectivity index is 1.39. The number of carbonyl (C=O) groups excluding carboxylic acids is 1. The van der Waals surface area contributed by atoms with Crippen molar-refractivity contribution in [1.82, 2.24) is 29.9 Å². The van der Waals surface area contributed by atoms with E-state index in [1.165, 1.54) is 18.3 Å². The van der Waals surface area contributed by atoms with Crippen molar-refractivity contribution < 1.29 is 18.7 Å². The molecular weight excluding hydrogens is 391 g/mol. The van der Waals surface area contributed by atoms with Crippen LogP contribution in [0.3, 0.4) is 0 Å². The number of pyridine rings is 2. The van der Waals surface area contributed by atoms with Crippen LogP contribution in [0.1, 0.15) is 16.1 Å². The Morgan fingerprint density at radius 3 is 2.70 bits per heavy atom. The minimum atomic E-state index is -0.423. The number of halogens is 1. The molecule has 30 heavy (non-hydrogen) atoms. The summed E-state index contributed by atoms with van der Waals surface area (Å²) in [5, 5.41) is 8.08. The summed E-state index contributed by atoms with van der Waals surface area (Å²) in [6.45, 7) is 3.30. The monoisotopic (exact) mass is 412 g/mol. The van der Waals surface area contributed by atoms with Gasteiger partial charge < -0.3 is 9.47 Å². The highest BCUT2D eigenvalue weighted by molar-refractivity contribution is 5.97. The van der Waals surface area contributed by atoms with Crippen LogP contribution in [0.2, 0.25) is 0 Å². The van der Waals surface area contributed by atoms with Gasteiger partial charge in [0.1, 0.15) is 23.8 Å². The van der Waals surface area contributed by atoms with Gasteiger partial charge in [0.2, 0.25) is 5.88 Å². The zero-order chi connectivity index (χ0) is 20.9. The average Bonchev–Trinajstić information content (AvgIpc) is 3.14. The van der Waals surface area contributed by atoms with Crippen LogP contribution in [-0.2, 0) is 18.4 Å². The number of hydrogen-bond donors (Lipinski definition) is 0. The fourth-order valence-electron chi connectivity index (χ4n) is 3.08. The third kappa shape index (κ3) is 4.66. The Morgan fingerprint density at radius 1 is 1.17 bits per heavy atom. The van der Waals surface area contributed by atoms with E-state index < -0.39 is 5.82 Å².